The number of rotatable bonds is 3. The van der Waals surface area contributed by atoms with E-state index in [1.54, 1.807) is 17.4 Å². The molecule has 0 spiro atoms. The largest absolute Gasteiger partial charge is 0.481 e. The number of aryl methyl sites for hydroxylation is 1. The fourth-order valence-corrected chi connectivity index (χ4v) is 2.40. The summed E-state index contributed by atoms with van der Waals surface area (Å²) in [7, 11) is 0. The highest BCUT2D eigenvalue weighted by atomic mass is 32.1. The molecular formula is C12H13NO3S. The van der Waals surface area contributed by atoms with Gasteiger partial charge in [0.05, 0.1) is 5.92 Å². The summed E-state index contributed by atoms with van der Waals surface area (Å²) in [5.74, 6) is -1.34. The predicted molar refractivity (Wildman–Crippen MR) is 65.8 cm³/mol. The van der Waals surface area contributed by atoms with Crippen LogP contribution in [-0.2, 0) is 9.59 Å². The van der Waals surface area contributed by atoms with Crippen molar-refractivity contribution < 1.29 is 14.7 Å². The quantitative estimate of drug-likeness (QED) is 0.830. The summed E-state index contributed by atoms with van der Waals surface area (Å²) < 4.78 is 0. The number of carbonyl (C=O) groups is 2. The van der Waals surface area contributed by atoms with Gasteiger partial charge in [-0.1, -0.05) is 0 Å². The Kier molecular flexibility index (Phi) is 3.28. The van der Waals surface area contributed by atoms with Crippen LogP contribution in [0.3, 0.4) is 0 Å². The topological polar surface area (TPSA) is 57.6 Å². The first-order chi connectivity index (χ1) is 8.06. The minimum atomic E-state index is -0.827. The van der Waals surface area contributed by atoms with Crippen molar-refractivity contribution in [3.63, 3.8) is 0 Å². The number of hydrogen-bond acceptors (Lipinski definition) is 3. The van der Waals surface area contributed by atoms with Crippen LogP contribution >= 0.6 is 11.3 Å². The summed E-state index contributed by atoms with van der Waals surface area (Å²) in [5, 5.41) is 8.69. The van der Waals surface area contributed by atoms with Gasteiger partial charge in [0.1, 0.15) is 0 Å². The normalized spacial score (nSPS) is 16.2. The average molecular weight is 251 g/mol. The van der Waals surface area contributed by atoms with E-state index in [9.17, 15) is 9.59 Å². The van der Waals surface area contributed by atoms with Crippen molar-refractivity contribution >= 4 is 29.3 Å². The molecule has 0 unspecified atom stereocenters. The van der Waals surface area contributed by atoms with Crippen LogP contribution in [0, 0.1) is 12.8 Å². The van der Waals surface area contributed by atoms with Gasteiger partial charge in [-0.25, -0.2) is 0 Å². The van der Waals surface area contributed by atoms with Gasteiger partial charge >= 0.3 is 5.97 Å². The van der Waals surface area contributed by atoms with Gasteiger partial charge in [0.25, 0.3) is 0 Å². The molecule has 1 aliphatic heterocycles. The lowest BCUT2D eigenvalue weighted by Crippen LogP contribution is -2.52. The fraction of sp³-hybridized carbons (Fsp3) is 0.333. The summed E-state index contributed by atoms with van der Waals surface area (Å²) >= 11 is 1.62. The first kappa shape index (κ1) is 11.9. The van der Waals surface area contributed by atoms with E-state index in [-0.39, 0.29) is 5.91 Å². The van der Waals surface area contributed by atoms with Crippen LogP contribution in [0.5, 0.6) is 0 Å². The predicted octanol–water partition coefficient (Wildman–Crippen LogP) is 1.61. The number of hydrogen-bond donors (Lipinski definition) is 1. The molecule has 1 saturated heterocycles. The number of amides is 1. The van der Waals surface area contributed by atoms with E-state index in [0.717, 1.165) is 4.88 Å². The average Bonchev–Trinajstić information content (AvgIpc) is 2.58. The zero-order chi connectivity index (χ0) is 12.4. The minimum absolute atomic E-state index is 0.117. The smallest absolute Gasteiger partial charge is 0.310 e. The van der Waals surface area contributed by atoms with Gasteiger partial charge in [0.15, 0.2) is 0 Å². The molecule has 0 aromatic carbocycles. The second-order valence-electron chi connectivity index (χ2n) is 4.06. The first-order valence-corrected chi connectivity index (χ1v) is 6.14. The third kappa shape index (κ3) is 2.74. The number of aliphatic carboxylic acids is 1. The maximum Gasteiger partial charge on any atom is 0.310 e. The maximum absolute atomic E-state index is 11.6. The molecule has 0 aliphatic carbocycles. The molecule has 0 atom stereocenters. The lowest BCUT2D eigenvalue weighted by Gasteiger charge is -2.35. The Hall–Kier alpha value is -1.62. The number of carboxylic acids is 1. The van der Waals surface area contributed by atoms with E-state index in [4.69, 9.17) is 5.11 Å². The van der Waals surface area contributed by atoms with Crippen molar-refractivity contribution in [2.24, 2.45) is 5.92 Å². The number of carbonyl (C=O) groups excluding carboxylic acids is 1. The zero-order valence-corrected chi connectivity index (χ0v) is 10.2. The van der Waals surface area contributed by atoms with Crippen LogP contribution in [0.2, 0.25) is 0 Å². The highest BCUT2D eigenvalue weighted by molar-refractivity contribution is 7.12. The number of likely N-dealkylation sites (tertiary alicyclic amines) is 1. The molecule has 17 heavy (non-hydrogen) atoms. The van der Waals surface area contributed by atoms with Crippen LogP contribution in [0.15, 0.2) is 18.2 Å². The van der Waals surface area contributed by atoms with Gasteiger partial charge in [0.2, 0.25) is 5.91 Å². The molecule has 1 fully saturated rings. The Morgan fingerprint density at radius 1 is 1.47 bits per heavy atom. The first-order valence-electron chi connectivity index (χ1n) is 5.32. The zero-order valence-electron chi connectivity index (χ0n) is 9.42. The summed E-state index contributed by atoms with van der Waals surface area (Å²) in [6.07, 6.45) is 3.28. The Bertz CT molecular complexity index is 472. The Morgan fingerprint density at radius 2 is 2.18 bits per heavy atom. The molecule has 4 nitrogen and oxygen atoms in total. The lowest BCUT2D eigenvalue weighted by molar-refractivity contribution is -0.151. The number of thiophene rings is 1. The molecule has 2 heterocycles. The highest BCUT2D eigenvalue weighted by Gasteiger charge is 2.34. The summed E-state index contributed by atoms with van der Waals surface area (Å²) in [6, 6.07) is 3.96. The van der Waals surface area contributed by atoms with E-state index in [1.165, 1.54) is 15.9 Å². The SMILES string of the molecule is Cc1ccc(C=CC(=O)N2CC(C(=O)O)C2)s1. The van der Waals surface area contributed by atoms with Gasteiger partial charge in [-0.05, 0) is 25.1 Å². The molecule has 1 aromatic rings. The molecule has 1 aliphatic rings. The van der Waals surface area contributed by atoms with E-state index in [0.29, 0.717) is 13.1 Å². The molecule has 0 bridgehead atoms. The molecule has 0 saturated carbocycles. The van der Waals surface area contributed by atoms with Crippen LogP contribution in [0.25, 0.3) is 6.08 Å². The Balaban J connectivity index is 1.87. The molecule has 2 rings (SSSR count). The second kappa shape index (κ2) is 4.71. The number of carboxylic acid groups (broad SMARTS) is 1. The monoisotopic (exact) mass is 251 g/mol. The Morgan fingerprint density at radius 3 is 2.71 bits per heavy atom. The summed E-state index contributed by atoms with van der Waals surface area (Å²) in [6.45, 7) is 2.65. The van der Waals surface area contributed by atoms with E-state index >= 15 is 0 Å². The molecule has 5 heteroatoms. The minimum Gasteiger partial charge on any atom is -0.481 e. The van der Waals surface area contributed by atoms with Gasteiger partial charge in [-0.2, -0.15) is 0 Å². The number of nitrogens with zero attached hydrogens (tertiary/aromatic N) is 1. The molecule has 0 radical (unpaired) electrons. The van der Waals surface area contributed by atoms with Crippen LogP contribution in [0.4, 0.5) is 0 Å². The van der Waals surface area contributed by atoms with Crippen molar-refractivity contribution in [3.05, 3.63) is 28.0 Å². The van der Waals surface area contributed by atoms with Gasteiger partial charge in [0, 0.05) is 28.9 Å². The summed E-state index contributed by atoms with van der Waals surface area (Å²) in [5.41, 5.74) is 0. The third-order valence-corrected chi connectivity index (χ3v) is 3.66. The maximum atomic E-state index is 11.6. The van der Waals surface area contributed by atoms with Gasteiger partial charge in [-0.15, -0.1) is 11.3 Å². The van der Waals surface area contributed by atoms with Crippen LogP contribution in [0.1, 0.15) is 9.75 Å². The van der Waals surface area contributed by atoms with E-state index < -0.39 is 11.9 Å². The molecule has 1 N–H and O–H groups in total. The van der Waals surface area contributed by atoms with Crippen molar-refractivity contribution in [3.8, 4) is 0 Å². The highest BCUT2D eigenvalue weighted by Crippen LogP contribution is 2.18. The molecular weight excluding hydrogens is 238 g/mol. The van der Waals surface area contributed by atoms with Crippen molar-refractivity contribution in [1.29, 1.82) is 0 Å². The molecule has 1 amide bonds. The standard InChI is InChI=1S/C12H13NO3S/c1-8-2-3-10(17-8)4-5-11(14)13-6-9(7-13)12(15)16/h2-5,9H,6-7H2,1H3,(H,15,16). The van der Waals surface area contributed by atoms with Crippen molar-refractivity contribution in [2.45, 2.75) is 6.92 Å². The molecule has 1 aromatic heterocycles. The van der Waals surface area contributed by atoms with E-state index in [2.05, 4.69) is 0 Å². The van der Waals surface area contributed by atoms with Gasteiger partial charge < -0.3 is 10.0 Å². The lowest BCUT2D eigenvalue weighted by atomic mass is 10.0. The second-order valence-corrected chi connectivity index (χ2v) is 5.38. The fourth-order valence-electron chi connectivity index (χ4n) is 1.62. The summed E-state index contributed by atoms with van der Waals surface area (Å²) in [4.78, 5) is 26.0. The van der Waals surface area contributed by atoms with Crippen LogP contribution < -0.4 is 0 Å². The molecule has 90 valence electrons. The van der Waals surface area contributed by atoms with Gasteiger partial charge in [-0.3, -0.25) is 9.59 Å². The van der Waals surface area contributed by atoms with Crippen molar-refractivity contribution in [2.75, 3.05) is 13.1 Å². The van der Waals surface area contributed by atoms with Crippen molar-refractivity contribution in [1.82, 2.24) is 4.90 Å². The third-order valence-electron chi connectivity index (χ3n) is 2.69. The Labute approximate surface area is 103 Å². The van der Waals surface area contributed by atoms with Crippen LogP contribution in [-0.4, -0.2) is 35.0 Å². The van der Waals surface area contributed by atoms with E-state index in [1.807, 2.05) is 19.1 Å².